The number of ether oxygens (including phenoxy) is 1. The molecular weight excluding hydrogens is 294 g/mol. The molecule has 0 unspecified atom stereocenters. The topological polar surface area (TPSA) is 84.7 Å². The van der Waals surface area contributed by atoms with Gasteiger partial charge in [0.25, 0.3) is 0 Å². The molecule has 1 aliphatic rings. The van der Waals surface area contributed by atoms with E-state index in [1.54, 1.807) is 11.8 Å². The Balaban J connectivity index is 1.78. The van der Waals surface area contributed by atoms with E-state index in [9.17, 15) is 9.59 Å². The van der Waals surface area contributed by atoms with Crippen molar-refractivity contribution >= 4 is 12.0 Å². The van der Waals surface area contributed by atoms with Crippen LogP contribution in [0.5, 0.6) is 0 Å². The van der Waals surface area contributed by atoms with Crippen LogP contribution in [-0.2, 0) is 16.1 Å². The number of carbonyl (C=O) groups is 2. The van der Waals surface area contributed by atoms with Crippen molar-refractivity contribution in [2.75, 3.05) is 13.1 Å². The molecule has 0 aliphatic carbocycles. The summed E-state index contributed by atoms with van der Waals surface area (Å²) in [4.78, 5) is 25.7. The summed E-state index contributed by atoms with van der Waals surface area (Å²) < 4.78 is 5.18. The van der Waals surface area contributed by atoms with Crippen molar-refractivity contribution in [1.29, 1.82) is 0 Å². The number of amides is 2. The molecule has 0 radical (unpaired) electrons. The first-order chi connectivity index (χ1) is 11.1. The zero-order valence-corrected chi connectivity index (χ0v) is 13.5. The molecule has 6 heteroatoms. The molecule has 126 valence electrons. The second-order valence-electron chi connectivity index (χ2n) is 5.91. The first kappa shape index (κ1) is 17.3. The number of benzene rings is 1. The van der Waals surface area contributed by atoms with Gasteiger partial charge in [-0.3, -0.25) is 4.79 Å². The van der Waals surface area contributed by atoms with Gasteiger partial charge in [0.2, 0.25) is 5.91 Å². The van der Waals surface area contributed by atoms with Crippen molar-refractivity contribution < 1.29 is 14.3 Å². The van der Waals surface area contributed by atoms with Crippen molar-refractivity contribution in [2.24, 2.45) is 5.73 Å². The number of nitrogens with zero attached hydrogens (tertiary/aromatic N) is 1. The molecule has 3 N–H and O–H groups in total. The Bertz CT molecular complexity index is 519. The highest BCUT2D eigenvalue weighted by molar-refractivity contribution is 5.81. The van der Waals surface area contributed by atoms with Gasteiger partial charge in [0.1, 0.15) is 6.61 Å². The Morgan fingerprint density at radius 3 is 2.78 bits per heavy atom. The Kier molecular flexibility index (Phi) is 6.40. The summed E-state index contributed by atoms with van der Waals surface area (Å²) in [6.07, 6.45) is 2.44. The van der Waals surface area contributed by atoms with Crippen LogP contribution in [0.2, 0.25) is 0 Å². The molecule has 0 aromatic heterocycles. The molecule has 0 bridgehead atoms. The second-order valence-corrected chi connectivity index (χ2v) is 5.91. The molecule has 0 saturated carbocycles. The van der Waals surface area contributed by atoms with Gasteiger partial charge in [-0.15, -0.1) is 0 Å². The number of nitrogens with one attached hydrogen (secondary N) is 1. The molecule has 1 aromatic rings. The molecule has 2 amide bonds. The van der Waals surface area contributed by atoms with Gasteiger partial charge in [0.15, 0.2) is 0 Å². The van der Waals surface area contributed by atoms with E-state index in [2.05, 4.69) is 5.32 Å². The largest absolute Gasteiger partial charge is 0.445 e. The summed E-state index contributed by atoms with van der Waals surface area (Å²) in [6.45, 7) is 3.02. The van der Waals surface area contributed by atoms with Crippen molar-refractivity contribution in [3.05, 3.63) is 35.9 Å². The van der Waals surface area contributed by atoms with Gasteiger partial charge in [-0.2, -0.15) is 0 Å². The summed E-state index contributed by atoms with van der Waals surface area (Å²) in [6, 6.07) is 8.99. The fourth-order valence-corrected chi connectivity index (χ4v) is 2.74. The number of carbonyl (C=O) groups excluding carboxylic acids is 2. The Labute approximate surface area is 137 Å². The van der Waals surface area contributed by atoms with Gasteiger partial charge < -0.3 is 20.7 Å². The third kappa shape index (κ3) is 5.25. The van der Waals surface area contributed by atoms with Gasteiger partial charge in [0, 0.05) is 19.1 Å². The predicted molar refractivity (Wildman–Crippen MR) is 87.6 cm³/mol. The van der Waals surface area contributed by atoms with Gasteiger partial charge in [0.05, 0.1) is 6.04 Å². The van der Waals surface area contributed by atoms with E-state index >= 15 is 0 Å². The van der Waals surface area contributed by atoms with Crippen LogP contribution in [-0.4, -0.2) is 42.1 Å². The van der Waals surface area contributed by atoms with E-state index in [1.807, 2.05) is 30.3 Å². The minimum absolute atomic E-state index is 0.00785. The zero-order valence-electron chi connectivity index (χ0n) is 13.5. The van der Waals surface area contributed by atoms with Gasteiger partial charge >= 0.3 is 6.09 Å². The quantitative estimate of drug-likeness (QED) is 0.864. The van der Waals surface area contributed by atoms with E-state index < -0.39 is 12.1 Å². The van der Waals surface area contributed by atoms with Crippen LogP contribution in [0.1, 0.15) is 31.7 Å². The SMILES string of the molecule is C[C@H](N)C(=O)N1CCCC[C@H]1CNC(=O)OCc1ccccc1. The Hall–Kier alpha value is -2.08. The third-order valence-corrected chi connectivity index (χ3v) is 3.99. The van der Waals surface area contributed by atoms with Crippen LogP contribution in [0.15, 0.2) is 30.3 Å². The average molecular weight is 319 g/mol. The lowest BCUT2D eigenvalue weighted by Gasteiger charge is -2.36. The summed E-state index contributed by atoms with van der Waals surface area (Å²) in [5, 5.41) is 2.75. The molecule has 6 nitrogen and oxygen atoms in total. The van der Waals surface area contributed by atoms with Crippen LogP contribution < -0.4 is 11.1 Å². The number of hydrogen-bond donors (Lipinski definition) is 2. The normalized spacial score (nSPS) is 19.0. The van der Waals surface area contributed by atoms with Crippen LogP contribution >= 0.6 is 0 Å². The van der Waals surface area contributed by atoms with Gasteiger partial charge in [-0.25, -0.2) is 4.79 Å². The van der Waals surface area contributed by atoms with Crippen molar-refractivity contribution in [3.8, 4) is 0 Å². The third-order valence-electron chi connectivity index (χ3n) is 3.99. The number of nitrogens with two attached hydrogens (primary N) is 1. The molecule has 1 aliphatic heterocycles. The summed E-state index contributed by atoms with van der Waals surface area (Å²) in [7, 11) is 0. The fraction of sp³-hybridized carbons (Fsp3) is 0.529. The zero-order chi connectivity index (χ0) is 16.7. The molecule has 1 aromatic carbocycles. The number of rotatable bonds is 5. The molecule has 2 rings (SSSR count). The number of hydrogen-bond acceptors (Lipinski definition) is 4. The molecular formula is C17H25N3O3. The summed E-state index contributed by atoms with van der Waals surface area (Å²) in [5.74, 6) is -0.0610. The van der Waals surface area contributed by atoms with Gasteiger partial charge in [-0.05, 0) is 31.7 Å². The minimum atomic E-state index is -0.513. The van der Waals surface area contributed by atoms with Crippen LogP contribution in [0.25, 0.3) is 0 Å². The predicted octanol–water partition coefficient (Wildman–Crippen LogP) is 1.64. The van der Waals surface area contributed by atoms with E-state index in [0.29, 0.717) is 13.1 Å². The smallest absolute Gasteiger partial charge is 0.407 e. The molecule has 2 atom stereocenters. The molecule has 1 saturated heterocycles. The molecule has 1 heterocycles. The van der Waals surface area contributed by atoms with Crippen LogP contribution in [0.3, 0.4) is 0 Å². The number of piperidine rings is 1. The lowest BCUT2D eigenvalue weighted by molar-refractivity contribution is -0.135. The second kappa shape index (κ2) is 8.53. The van der Waals surface area contributed by atoms with Crippen molar-refractivity contribution in [2.45, 2.75) is 44.9 Å². The van der Waals surface area contributed by atoms with Crippen LogP contribution in [0.4, 0.5) is 4.79 Å². The highest BCUT2D eigenvalue weighted by atomic mass is 16.5. The minimum Gasteiger partial charge on any atom is -0.445 e. The lowest BCUT2D eigenvalue weighted by Crippen LogP contribution is -2.53. The van der Waals surface area contributed by atoms with Crippen molar-refractivity contribution in [1.82, 2.24) is 10.2 Å². The summed E-state index contributed by atoms with van der Waals surface area (Å²) >= 11 is 0. The maximum Gasteiger partial charge on any atom is 0.407 e. The average Bonchev–Trinajstić information content (AvgIpc) is 2.58. The molecule has 0 spiro atoms. The fourth-order valence-electron chi connectivity index (χ4n) is 2.74. The Morgan fingerprint density at radius 1 is 1.35 bits per heavy atom. The van der Waals surface area contributed by atoms with E-state index in [4.69, 9.17) is 10.5 Å². The standard InChI is InChI=1S/C17H25N3O3/c1-13(18)16(21)20-10-6-5-9-15(20)11-19-17(22)23-12-14-7-3-2-4-8-14/h2-4,7-8,13,15H,5-6,9-12,18H2,1H3,(H,19,22)/t13-,15-/m0/s1. The molecule has 23 heavy (non-hydrogen) atoms. The first-order valence-corrected chi connectivity index (χ1v) is 8.08. The highest BCUT2D eigenvalue weighted by Crippen LogP contribution is 2.17. The maximum absolute atomic E-state index is 12.1. The van der Waals surface area contributed by atoms with Crippen LogP contribution in [0, 0.1) is 0 Å². The monoisotopic (exact) mass is 319 g/mol. The van der Waals surface area contributed by atoms with Gasteiger partial charge in [-0.1, -0.05) is 30.3 Å². The van der Waals surface area contributed by atoms with E-state index in [-0.39, 0.29) is 18.6 Å². The van der Waals surface area contributed by atoms with E-state index in [0.717, 1.165) is 24.8 Å². The lowest BCUT2D eigenvalue weighted by atomic mass is 10.0. The summed E-state index contributed by atoms with van der Waals surface area (Å²) in [5.41, 5.74) is 6.63. The number of likely N-dealkylation sites (tertiary alicyclic amines) is 1. The maximum atomic E-state index is 12.1. The van der Waals surface area contributed by atoms with E-state index in [1.165, 1.54) is 0 Å². The number of alkyl carbamates (subject to hydrolysis) is 1. The first-order valence-electron chi connectivity index (χ1n) is 8.08. The highest BCUT2D eigenvalue weighted by Gasteiger charge is 2.28. The Morgan fingerprint density at radius 2 is 2.09 bits per heavy atom. The molecule has 1 fully saturated rings. The van der Waals surface area contributed by atoms with Crippen molar-refractivity contribution in [3.63, 3.8) is 0 Å².